The van der Waals surface area contributed by atoms with Crippen molar-refractivity contribution in [2.45, 2.75) is 6.42 Å². The third-order valence-electron chi connectivity index (χ3n) is 2.74. The predicted octanol–water partition coefficient (Wildman–Crippen LogP) is 3.15. The van der Waals surface area contributed by atoms with E-state index in [4.69, 9.17) is 11.6 Å². The van der Waals surface area contributed by atoms with Gasteiger partial charge in [0.15, 0.2) is 5.78 Å². The summed E-state index contributed by atoms with van der Waals surface area (Å²) in [6.07, 6.45) is 2.63. The molecule has 0 fully saturated rings. The van der Waals surface area contributed by atoms with Crippen LogP contribution in [0.1, 0.15) is 15.4 Å². The van der Waals surface area contributed by atoms with Crippen LogP contribution in [0.4, 0.5) is 0 Å². The van der Waals surface area contributed by atoms with Crippen molar-refractivity contribution in [2.75, 3.05) is 20.1 Å². The maximum absolute atomic E-state index is 12.0. The number of nitrogens with zero attached hydrogens (tertiary/aromatic N) is 2. The molecule has 0 aromatic carbocycles. The molecule has 2 aromatic rings. The molecular formula is C14H15ClN2OS. The Kier molecular flexibility index (Phi) is 5.07. The Morgan fingerprint density at radius 3 is 2.84 bits per heavy atom. The standard InChI is InChI=1S/C14H15ClN2OS/c1-17(9-7-11-4-2-3-8-16-11)10-12(18)13-5-6-14(15)19-13/h2-6,8H,7,9-10H2,1H3. The summed E-state index contributed by atoms with van der Waals surface area (Å²) in [5.74, 6) is 0.112. The zero-order chi connectivity index (χ0) is 13.7. The smallest absolute Gasteiger partial charge is 0.186 e. The number of carbonyl (C=O) groups excluding carboxylic acids is 1. The average Bonchev–Trinajstić information content (AvgIpc) is 2.84. The summed E-state index contributed by atoms with van der Waals surface area (Å²) in [7, 11) is 1.94. The number of halogens is 1. The first-order valence-corrected chi connectivity index (χ1v) is 7.21. The second kappa shape index (κ2) is 6.80. The van der Waals surface area contributed by atoms with E-state index in [0.717, 1.165) is 23.5 Å². The third-order valence-corrected chi connectivity index (χ3v) is 4.01. The number of Topliss-reactive ketones (excluding diaryl/α,β-unsaturated/α-hetero) is 1. The molecule has 0 amide bonds. The Balaban J connectivity index is 1.81. The predicted molar refractivity (Wildman–Crippen MR) is 79.1 cm³/mol. The maximum Gasteiger partial charge on any atom is 0.186 e. The topological polar surface area (TPSA) is 33.2 Å². The normalized spacial score (nSPS) is 10.9. The molecule has 19 heavy (non-hydrogen) atoms. The van der Waals surface area contributed by atoms with E-state index in [1.54, 1.807) is 18.3 Å². The molecule has 5 heteroatoms. The lowest BCUT2D eigenvalue weighted by Gasteiger charge is -2.14. The quantitative estimate of drug-likeness (QED) is 0.767. The number of thiophene rings is 1. The van der Waals surface area contributed by atoms with E-state index in [-0.39, 0.29) is 5.78 Å². The van der Waals surface area contributed by atoms with E-state index in [1.165, 1.54) is 11.3 Å². The van der Waals surface area contributed by atoms with E-state index in [9.17, 15) is 4.79 Å². The molecule has 0 atom stereocenters. The summed E-state index contributed by atoms with van der Waals surface area (Å²) < 4.78 is 0.652. The molecule has 0 N–H and O–H groups in total. The molecule has 3 nitrogen and oxygen atoms in total. The van der Waals surface area contributed by atoms with Crippen LogP contribution in [-0.4, -0.2) is 35.8 Å². The first-order chi connectivity index (χ1) is 9.15. The molecule has 0 saturated carbocycles. The molecule has 0 unspecified atom stereocenters. The van der Waals surface area contributed by atoms with Crippen molar-refractivity contribution in [1.29, 1.82) is 0 Å². The Bertz CT molecular complexity index is 541. The Hall–Kier alpha value is -1.23. The minimum Gasteiger partial charge on any atom is -0.298 e. The molecule has 0 saturated heterocycles. The maximum atomic E-state index is 12.0. The lowest BCUT2D eigenvalue weighted by molar-refractivity contribution is 0.0950. The summed E-state index contributed by atoms with van der Waals surface area (Å²) in [4.78, 5) is 19.0. The monoisotopic (exact) mass is 294 g/mol. The van der Waals surface area contributed by atoms with E-state index in [2.05, 4.69) is 4.98 Å². The van der Waals surface area contributed by atoms with E-state index >= 15 is 0 Å². The molecular weight excluding hydrogens is 280 g/mol. The van der Waals surface area contributed by atoms with Crippen molar-refractivity contribution < 1.29 is 4.79 Å². The fourth-order valence-corrected chi connectivity index (χ4v) is 2.69. The number of ketones is 1. The van der Waals surface area contributed by atoms with Crippen LogP contribution in [-0.2, 0) is 6.42 Å². The van der Waals surface area contributed by atoms with E-state index in [1.807, 2.05) is 30.1 Å². The van der Waals surface area contributed by atoms with Gasteiger partial charge in [0.2, 0.25) is 0 Å². The highest BCUT2D eigenvalue weighted by Gasteiger charge is 2.11. The highest BCUT2D eigenvalue weighted by Crippen LogP contribution is 2.21. The molecule has 0 spiro atoms. The number of likely N-dealkylation sites (N-methyl/N-ethyl adjacent to an activating group) is 1. The second-order valence-corrected chi connectivity index (χ2v) is 6.05. The summed E-state index contributed by atoms with van der Waals surface area (Å²) in [6, 6.07) is 9.41. The van der Waals surface area contributed by atoms with Gasteiger partial charge in [-0.25, -0.2) is 0 Å². The minimum absolute atomic E-state index is 0.112. The Morgan fingerprint density at radius 2 is 2.21 bits per heavy atom. The zero-order valence-electron chi connectivity index (χ0n) is 10.7. The zero-order valence-corrected chi connectivity index (χ0v) is 12.2. The highest BCUT2D eigenvalue weighted by molar-refractivity contribution is 7.18. The van der Waals surface area contributed by atoms with Gasteiger partial charge in [-0.2, -0.15) is 0 Å². The number of aromatic nitrogens is 1. The van der Waals surface area contributed by atoms with Gasteiger partial charge in [-0.15, -0.1) is 11.3 Å². The number of hydrogen-bond donors (Lipinski definition) is 0. The molecule has 0 aliphatic heterocycles. The lowest BCUT2D eigenvalue weighted by Crippen LogP contribution is -2.27. The second-order valence-electron chi connectivity index (χ2n) is 4.34. The van der Waals surface area contributed by atoms with Gasteiger partial charge in [-0.3, -0.25) is 14.7 Å². The first-order valence-electron chi connectivity index (χ1n) is 6.02. The van der Waals surface area contributed by atoms with Gasteiger partial charge in [0.1, 0.15) is 0 Å². The van der Waals surface area contributed by atoms with Crippen LogP contribution in [0.3, 0.4) is 0 Å². The molecule has 2 rings (SSSR count). The van der Waals surface area contributed by atoms with Crippen LogP contribution in [0.25, 0.3) is 0 Å². The Labute approximate surface area is 121 Å². The summed E-state index contributed by atoms with van der Waals surface area (Å²) in [6.45, 7) is 1.21. The van der Waals surface area contributed by atoms with Crippen molar-refractivity contribution in [3.05, 3.63) is 51.4 Å². The number of carbonyl (C=O) groups is 1. The molecule has 2 aromatic heterocycles. The average molecular weight is 295 g/mol. The molecule has 2 heterocycles. The Morgan fingerprint density at radius 1 is 1.37 bits per heavy atom. The first kappa shape index (κ1) is 14.2. The summed E-state index contributed by atoms with van der Waals surface area (Å²) in [5.41, 5.74) is 1.04. The molecule has 0 aliphatic carbocycles. The van der Waals surface area contributed by atoms with Crippen LogP contribution in [0, 0.1) is 0 Å². The van der Waals surface area contributed by atoms with Crippen LogP contribution >= 0.6 is 22.9 Å². The number of hydrogen-bond acceptors (Lipinski definition) is 4. The lowest BCUT2D eigenvalue weighted by atomic mass is 10.2. The van der Waals surface area contributed by atoms with E-state index in [0.29, 0.717) is 10.9 Å². The summed E-state index contributed by atoms with van der Waals surface area (Å²) >= 11 is 7.16. The molecule has 0 radical (unpaired) electrons. The minimum atomic E-state index is 0.112. The number of pyridine rings is 1. The van der Waals surface area contributed by atoms with Gasteiger partial charge in [-0.1, -0.05) is 17.7 Å². The van der Waals surface area contributed by atoms with Crippen LogP contribution < -0.4 is 0 Å². The molecule has 0 bridgehead atoms. The molecule has 100 valence electrons. The molecule has 0 aliphatic rings. The fourth-order valence-electron chi connectivity index (χ4n) is 1.72. The summed E-state index contributed by atoms with van der Waals surface area (Å²) in [5, 5.41) is 0. The van der Waals surface area contributed by atoms with Gasteiger partial charge in [-0.05, 0) is 31.3 Å². The van der Waals surface area contributed by atoms with Crippen molar-refractivity contribution in [3.63, 3.8) is 0 Å². The third kappa shape index (κ3) is 4.42. The fraction of sp³-hybridized carbons (Fsp3) is 0.286. The van der Waals surface area contributed by atoms with Crippen LogP contribution in [0.15, 0.2) is 36.5 Å². The number of rotatable bonds is 6. The van der Waals surface area contributed by atoms with E-state index < -0.39 is 0 Å². The van der Waals surface area contributed by atoms with Gasteiger partial charge < -0.3 is 0 Å². The van der Waals surface area contributed by atoms with Crippen molar-refractivity contribution in [3.8, 4) is 0 Å². The van der Waals surface area contributed by atoms with Gasteiger partial charge >= 0.3 is 0 Å². The van der Waals surface area contributed by atoms with Crippen LogP contribution in [0.2, 0.25) is 4.34 Å². The van der Waals surface area contributed by atoms with Gasteiger partial charge in [0.25, 0.3) is 0 Å². The largest absolute Gasteiger partial charge is 0.298 e. The van der Waals surface area contributed by atoms with Gasteiger partial charge in [0, 0.05) is 24.9 Å². The van der Waals surface area contributed by atoms with Crippen molar-refractivity contribution in [1.82, 2.24) is 9.88 Å². The highest BCUT2D eigenvalue weighted by atomic mass is 35.5. The SMILES string of the molecule is CN(CCc1ccccn1)CC(=O)c1ccc(Cl)s1. The van der Waals surface area contributed by atoms with Crippen molar-refractivity contribution >= 4 is 28.7 Å². The van der Waals surface area contributed by atoms with Gasteiger partial charge in [0.05, 0.1) is 15.8 Å². The van der Waals surface area contributed by atoms with Crippen molar-refractivity contribution in [2.24, 2.45) is 0 Å². The van der Waals surface area contributed by atoms with Crippen LogP contribution in [0.5, 0.6) is 0 Å².